The first-order chi connectivity index (χ1) is 7.89. The van der Waals surface area contributed by atoms with Crippen LogP contribution in [0, 0.1) is 0 Å². The van der Waals surface area contributed by atoms with Gasteiger partial charge in [0.15, 0.2) is 11.5 Å². The van der Waals surface area contributed by atoms with Gasteiger partial charge in [-0.1, -0.05) is 12.1 Å². The molecule has 0 saturated heterocycles. The van der Waals surface area contributed by atoms with Gasteiger partial charge in [0.1, 0.15) is 5.60 Å². The first kappa shape index (κ1) is 11.8. The Hall–Kier alpha value is -1.71. The van der Waals surface area contributed by atoms with Crippen molar-refractivity contribution in [3.63, 3.8) is 0 Å². The standard InChI is InChI=1S/C13H16O4/c1-13(2)7-8(6-11(15)16)9-4-3-5-10(14)12(9)17-13/h3-5,8,14H,6-7H2,1-2H3,(H,15,16). The van der Waals surface area contributed by atoms with E-state index >= 15 is 0 Å². The van der Waals surface area contributed by atoms with Crippen molar-refractivity contribution in [1.29, 1.82) is 0 Å². The molecule has 0 spiro atoms. The van der Waals surface area contributed by atoms with E-state index in [0.29, 0.717) is 12.2 Å². The van der Waals surface area contributed by atoms with Gasteiger partial charge >= 0.3 is 5.97 Å². The Bertz CT molecular complexity index is 451. The number of carbonyl (C=O) groups is 1. The average Bonchev–Trinajstić information content (AvgIpc) is 2.17. The maximum Gasteiger partial charge on any atom is 0.303 e. The van der Waals surface area contributed by atoms with E-state index in [-0.39, 0.29) is 18.1 Å². The first-order valence-electron chi connectivity index (χ1n) is 5.62. The molecule has 0 aliphatic carbocycles. The normalized spacial score (nSPS) is 21.4. The van der Waals surface area contributed by atoms with E-state index in [0.717, 1.165) is 5.56 Å². The van der Waals surface area contributed by atoms with Crippen LogP contribution in [-0.4, -0.2) is 21.8 Å². The second-order valence-electron chi connectivity index (χ2n) is 5.06. The van der Waals surface area contributed by atoms with Gasteiger partial charge in [-0.25, -0.2) is 0 Å². The number of carboxylic acid groups (broad SMARTS) is 1. The smallest absolute Gasteiger partial charge is 0.303 e. The minimum Gasteiger partial charge on any atom is -0.504 e. The highest BCUT2D eigenvalue weighted by Gasteiger charge is 2.35. The fourth-order valence-corrected chi connectivity index (χ4v) is 2.39. The third kappa shape index (κ3) is 2.35. The van der Waals surface area contributed by atoms with Crippen LogP contribution in [-0.2, 0) is 4.79 Å². The van der Waals surface area contributed by atoms with Crippen LogP contribution in [0.1, 0.15) is 38.2 Å². The average molecular weight is 236 g/mol. The molecule has 92 valence electrons. The third-order valence-electron chi connectivity index (χ3n) is 3.00. The number of phenolic OH excluding ortho intramolecular Hbond substituents is 1. The fourth-order valence-electron chi connectivity index (χ4n) is 2.39. The van der Waals surface area contributed by atoms with Crippen molar-refractivity contribution < 1.29 is 19.7 Å². The lowest BCUT2D eigenvalue weighted by Gasteiger charge is -2.37. The van der Waals surface area contributed by atoms with Crippen LogP contribution in [0.25, 0.3) is 0 Å². The summed E-state index contributed by atoms with van der Waals surface area (Å²) in [6.45, 7) is 3.80. The molecule has 17 heavy (non-hydrogen) atoms. The van der Waals surface area contributed by atoms with Gasteiger partial charge in [-0.05, 0) is 26.3 Å². The Balaban J connectivity index is 2.43. The molecule has 0 radical (unpaired) electrons. The van der Waals surface area contributed by atoms with Gasteiger partial charge in [0.25, 0.3) is 0 Å². The summed E-state index contributed by atoms with van der Waals surface area (Å²) in [5.74, 6) is -0.444. The Morgan fingerprint density at radius 1 is 1.53 bits per heavy atom. The summed E-state index contributed by atoms with van der Waals surface area (Å²) in [7, 11) is 0. The highest BCUT2D eigenvalue weighted by molar-refractivity contribution is 5.69. The van der Waals surface area contributed by atoms with Crippen molar-refractivity contribution in [3.8, 4) is 11.5 Å². The monoisotopic (exact) mass is 236 g/mol. The van der Waals surface area contributed by atoms with Crippen molar-refractivity contribution in [2.75, 3.05) is 0 Å². The van der Waals surface area contributed by atoms with Gasteiger partial charge in [0, 0.05) is 11.5 Å². The molecule has 2 rings (SSSR count). The largest absolute Gasteiger partial charge is 0.504 e. The highest BCUT2D eigenvalue weighted by Crippen LogP contribution is 2.46. The van der Waals surface area contributed by atoms with Crippen LogP contribution in [0.4, 0.5) is 0 Å². The molecule has 0 aromatic heterocycles. The molecule has 0 saturated carbocycles. The van der Waals surface area contributed by atoms with E-state index in [1.54, 1.807) is 12.1 Å². The van der Waals surface area contributed by atoms with Gasteiger partial charge in [-0.3, -0.25) is 4.79 Å². The number of hydrogen-bond acceptors (Lipinski definition) is 3. The molecule has 1 atom stereocenters. The summed E-state index contributed by atoms with van der Waals surface area (Å²) in [6.07, 6.45) is 0.693. The van der Waals surface area contributed by atoms with Crippen LogP contribution >= 0.6 is 0 Å². The molecule has 1 heterocycles. The molecule has 1 aliphatic rings. The molecular weight excluding hydrogens is 220 g/mol. The Morgan fingerprint density at radius 3 is 2.88 bits per heavy atom. The van der Waals surface area contributed by atoms with Crippen LogP contribution < -0.4 is 4.74 Å². The van der Waals surface area contributed by atoms with Crippen molar-refractivity contribution in [3.05, 3.63) is 23.8 Å². The van der Waals surface area contributed by atoms with E-state index in [9.17, 15) is 9.90 Å². The number of rotatable bonds is 2. The van der Waals surface area contributed by atoms with Crippen molar-refractivity contribution in [1.82, 2.24) is 0 Å². The van der Waals surface area contributed by atoms with Crippen LogP contribution in [0.5, 0.6) is 11.5 Å². The van der Waals surface area contributed by atoms with Gasteiger partial charge in [0.2, 0.25) is 0 Å². The van der Waals surface area contributed by atoms with Crippen molar-refractivity contribution >= 4 is 5.97 Å². The SMILES string of the molecule is CC1(C)CC(CC(=O)O)c2cccc(O)c2O1. The molecule has 1 aromatic rings. The summed E-state index contributed by atoms with van der Waals surface area (Å²) < 4.78 is 5.72. The lowest BCUT2D eigenvalue weighted by molar-refractivity contribution is -0.137. The predicted octanol–water partition coefficient (Wildman–Crippen LogP) is 2.51. The minimum atomic E-state index is -0.831. The lowest BCUT2D eigenvalue weighted by Crippen LogP contribution is -2.35. The zero-order valence-electron chi connectivity index (χ0n) is 9.93. The van der Waals surface area contributed by atoms with Crippen LogP contribution in [0.2, 0.25) is 0 Å². The molecule has 1 aliphatic heterocycles. The summed E-state index contributed by atoms with van der Waals surface area (Å²) in [6, 6.07) is 5.08. The number of benzene rings is 1. The number of aliphatic carboxylic acids is 1. The molecule has 1 unspecified atom stereocenters. The second kappa shape index (κ2) is 3.95. The van der Waals surface area contributed by atoms with Crippen LogP contribution in [0.15, 0.2) is 18.2 Å². The van der Waals surface area contributed by atoms with Gasteiger partial charge in [-0.2, -0.15) is 0 Å². The number of fused-ring (bicyclic) bond motifs is 1. The van der Waals surface area contributed by atoms with E-state index in [1.165, 1.54) is 0 Å². The maximum atomic E-state index is 10.9. The molecule has 2 N–H and O–H groups in total. The third-order valence-corrected chi connectivity index (χ3v) is 3.00. The Kier molecular flexibility index (Phi) is 2.73. The molecular formula is C13H16O4. The molecule has 1 aromatic carbocycles. The van der Waals surface area contributed by atoms with Crippen molar-refractivity contribution in [2.45, 2.75) is 38.2 Å². The first-order valence-corrected chi connectivity index (χ1v) is 5.62. The summed E-state index contributed by atoms with van der Waals surface area (Å²) in [5.41, 5.74) is 0.332. The highest BCUT2D eigenvalue weighted by atomic mass is 16.5. The zero-order valence-corrected chi connectivity index (χ0v) is 9.93. The second-order valence-corrected chi connectivity index (χ2v) is 5.06. The number of hydrogen-bond donors (Lipinski definition) is 2. The minimum absolute atomic E-state index is 0.0588. The number of carboxylic acids is 1. The van der Waals surface area contributed by atoms with E-state index in [4.69, 9.17) is 9.84 Å². The van der Waals surface area contributed by atoms with Crippen LogP contribution in [0.3, 0.4) is 0 Å². The Morgan fingerprint density at radius 2 is 2.24 bits per heavy atom. The van der Waals surface area contributed by atoms with Gasteiger partial charge in [-0.15, -0.1) is 0 Å². The predicted molar refractivity (Wildman–Crippen MR) is 62.4 cm³/mol. The number of phenols is 1. The van der Waals surface area contributed by atoms with E-state index in [1.807, 2.05) is 19.9 Å². The number of ether oxygens (including phenoxy) is 1. The zero-order chi connectivity index (χ0) is 12.6. The topological polar surface area (TPSA) is 66.8 Å². The van der Waals surface area contributed by atoms with E-state index < -0.39 is 11.6 Å². The number of aromatic hydroxyl groups is 1. The summed E-state index contributed by atoms with van der Waals surface area (Å²) >= 11 is 0. The molecule has 4 heteroatoms. The quantitative estimate of drug-likeness (QED) is 0.828. The van der Waals surface area contributed by atoms with E-state index in [2.05, 4.69) is 0 Å². The molecule has 0 amide bonds. The lowest BCUT2D eigenvalue weighted by atomic mass is 9.82. The maximum absolute atomic E-state index is 10.9. The fraction of sp³-hybridized carbons (Fsp3) is 0.462. The van der Waals surface area contributed by atoms with Crippen molar-refractivity contribution in [2.24, 2.45) is 0 Å². The summed E-state index contributed by atoms with van der Waals surface area (Å²) in [5, 5.41) is 18.7. The van der Waals surface area contributed by atoms with Gasteiger partial charge in [0.05, 0.1) is 6.42 Å². The number of para-hydroxylation sites is 1. The molecule has 0 bridgehead atoms. The summed E-state index contributed by atoms with van der Waals surface area (Å²) in [4.78, 5) is 10.9. The van der Waals surface area contributed by atoms with Gasteiger partial charge < -0.3 is 14.9 Å². The molecule has 0 fully saturated rings. The molecule has 4 nitrogen and oxygen atoms in total. The Labute approximate surface area is 99.8 Å².